The molecule has 0 bridgehead atoms. The van der Waals surface area contributed by atoms with Crippen LogP contribution in [0, 0.1) is 0 Å². The van der Waals surface area contributed by atoms with Gasteiger partial charge in [0.1, 0.15) is 12.6 Å². The van der Waals surface area contributed by atoms with Gasteiger partial charge in [0.2, 0.25) is 0 Å². The van der Waals surface area contributed by atoms with Gasteiger partial charge >= 0.3 is 40.0 Å². The number of hydrogen-bond donors (Lipinski definition) is 2. The molecule has 0 spiro atoms. The van der Waals surface area contributed by atoms with E-state index in [9.17, 15) is 9.59 Å². The maximum absolute atomic E-state index is 9.56. The van der Waals surface area contributed by atoms with Gasteiger partial charge in [0.25, 0.3) is 0 Å². The Kier molecular flexibility index (Phi) is 17.7. The molecule has 0 aromatic heterocycles. The summed E-state index contributed by atoms with van der Waals surface area (Å²) in [6.07, 6.45) is 3.37. The quantitative estimate of drug-likeness (QED) is 0.280. The van der Waals surface area contributed by atoms with Crippen molar-refractivity contribution >= 4 is 52.5 Å². The fraction of sp³-hybridized carbons (Fsp3) is 0.600. The topological polar surface area (TPSA) is 109 Å². The second-order valence-electron chi connectivity index (χ2n) is 1.71. The average Bonchev–Trinajstić information content (AvgIpc) is 1.85. The second-order valence-corrected chi connectivity index (χ2v) is 2.61. The van der Waals surface area contributed by atoms with Crippen LogP contribution in [-0.2, 0) is 20.0 Å². The Morgan fingerprint density at radius 3 is 1.38 bits per heavy atom. The minimum absolute atomic E-state index is 0. The van der Waals surface area contributed by atoms with Crippen LogP contribution in [0.25, 0.3) is 0 Å². The Hall–Kier alpha value is 0.210. The molecule has 0 aliphatic heterocycles. The fourth-order valence-corrected chi connectivity index (χ4v) is 0.285. The van der Waals surface area contributed by atoms with E-state index in [4.69, 9.17) is 17.5 Å². The first kappa shape index (κ1) is 18.9. The van der Waals surface area contributed by atoms with Gasteiger partial charge in [0, 0.05) is 12.8 Å². The van der Waals surface area contributed by atoms with Gasteiger partial charge < -0.3 is 9.59 Å². The molecule has 0 unspecified atom stereocenters. The molecule has 0 aliphatic rings. The third-order valence-corrected chi connectivity index (χ3v) is 0.644. The van der Waals surface area contributed by atoms with Crippen molar-refractivity contribution in [3.63, 3.8) is 0 Å². The van der Waals surface area contributed by atoms with Crippen LogP contribution in [0.2, 0.25) is 0 Å². The van der Waals surface area contributed by atoms with Gasteiger partial charge in [0.15, 0.2) is 0 Å². The number of rotatable bonds is 4. The molecule has 74 valence electrons. The Morgan fingerprint density at radius 2 is 1.23 bits per heavy atom. The fourth-order valence-electron chi connectivity index (χ4n) is 0.285. The molecular weight excluding hydrogens is 211 g/mol. The summed E-state index contributed by atoms with van der Waals surface area (Å²) >= 11 is 0. The van der Waals surface area contributed by atoms with E-state index in [1.165, 1.54) is 0 Å². The first-order valence-corrected chi connectivity index (χ1v) is 4.38. The van der Waals surface area contributed by atoms with Gasteiger partial charge in [-0.2, -0.15) is 8.42 Å². The van der Waals surface area contributed by atoms with E-state index in [0.29, 0.717) is 19.3 Å². The maximum atomic E-state index is 9.56. The number of aldehydes is 2. The van der Waals surface area contributed by atoms with Crippen molar-refractivity contribution < 1.29 is 27.1 Å². The molecule has 6 nitrogen and oxygen atoms in total. The summed E-state index contributed by atoms with van der Waals surface area (Å²) < 4.78 is 31.6. The van der Waals surface area contributed by atoms with Crippen LogP contribution in [0.4, 0.5) is 0 Å². The molecule has 0 saturated carbocycles. The molecule has 0 aliphatic carbocycles. The number of unbranched alkanes of at least 4 members (excludes halogenated alkanes) is 2. The van der Waals surface area contributed by atoms with E-state index in [1.54, 1.807) is 0 Å². The molecule has 8 heteroatoms. The van der Waals surface area contributed by atoms with Crippen LogP contribution < -0.4 is 0 Å². The zero-order chi connectivity index (χ0) is 10.0. The number of carbonyl (C=O) groups is 2. The standard InChI is InChI=1S/C5H8O2.Na.H2O4S.H/c6-4-2-1-3-5-7;;1-5(2,3)4;/h4-5H,1-3H2;;(H2,1,2,3,4);. The van der Waals surface area contributed by atoms with E-state index in [0.717, 1.165) is 12.6 Å². The molecule has 0 saturated heterocycles. The molecule has 0 fully saturated rings. The van der Waals surface area contributed by atoms with E-state index in [-0.39, 0.29) is 29.6 Å². The third kappa shape index (κ3) is 71.8. The van der Waals surface area contributed by atoms with Gasteiger partial charge in [-0.1, -0.05) is 0 Å². The zero-order valence-electron chi connectivity index (χ0n) is 6.21. The summed E-state index contributed by atoms with van der Waals surface area (Å²) in [6.45, 7) is 0. The predicted octanol–water partition coefficient (Wildman–Crippen LogP) is -0.747. The average molecular weight is 222 g/mol. The molecule has 0 aromatic carbocycles. The Bertz CT molecular complexity index is 195. The van der Waals surface area contributed by atoms with Crippen molar-refractivity contribution in [1.82, 2.24) is 0 Å². The molecule has 0 radical (unpaired) electrons. The first-order valence-electron chi connectivity index (χ1n) is 2.99. The van der Waals surface area contributed by atoms with Crippen molar-refractivity contribution in [2.45, 2.75) is 19.3 Å². The third-order valence-electron chi connectivity index (χ3n) is 0.644. The van der Waals surface area contributed by atoms with Crippen LogP contribution in [0.3, 0.4) is 0 Å². The Labute approximate surface area is 98.6 Å². The van der Waals surface area contributed by atoms with Crippen LogP contribution in [-0.4, -0.2) is 59.7 Å². The van der Waals surface area contributed by atoms with E-state index in [2.05, 4.69) is 0 Å². The minimum atomic E-state index is -4.67. The van der Waals surface area contributed by atoms with Gasteiger partial charge in [-0.3, -0.25) is 9.11 Å². The van der Waals surface area contributed by atoms with Crippen molar-refractivity contribution in [2.24, 2.45) is 0 Å². The molecule has 0 rings (SSSR count). The number of carbonyl (C=O) groups excluding carboxylic acids is 2. The van der Waals surface area contributed by atoms with Crippen LogP contribution >= 0.6 is 0 Å². The van der Waals surface area contributed by atoms with Crippen LogP contribution in [0.15, 0.2) is 0 Å². The zero-order valence-corrected chi connectivity index (χ0v) is 7.03. The summed E-state index contributed by atoms with van der Waals surface area (Å²) in [6, 6.07) is 0. The van der Waals surface area contributed by atoms with Crippen LogP contribution in [0.5, 0.6) is 0 Å². The summed E-state index contributed by atoms with van der Waals surface area (Å²) in [7, 11) is -4.67. The van der Waals surface area contributed by atoms with Crippen LogP contribution in [0.1, 0.15) is 19.3 Å². The van der Waals surface area contributed by atoms with Crippen molar-refractivity contribution in [3.05, 3.63) is 0 Å². The predicted molar refractivity (Wildman–Crippen MR) is 47.3 cm³/mol. The van der Waals surface area contributed by atoms with E-state index >= 15 is 0 Å². The SMILES string of the molecule is O=CCCCC=O.O=S(=O)(O)O.[NaH]. The van der Waals surface area contributed by atoms with E-state index < -0.39 is 10.4 Å². The summed E-state index contributed by atoms with van der Waals surface area (Å²) in [5.74, 6) is 0. The van der Waals surface area contributed by atoms with Gasteiger partial charge in [-0.25, -0.2) is 0 Å². The van der Waals surface area contributed by atoms with Gasteiger partial charge in [-0.05, 0) is 6.42 Å². The monoisotopic (exact) mass is 222 g/mol. The summed E-state index contributed by atoms with van der Waals surface area (Å²) in [5.41, 5.74) is 0. The van der Waals surface area contributed by atoms with E-state index in [1.807, 2.05) is 0 Å². The summed E-state index contributed by atoms with van der Waals surface area (Å²) in [5, 5.41) is 0. The molecule has 0 atom stereocenters. The van der Waals surface area contributed by atoms with Gasteiger partial charge in [0.05, 0.1) is 0 Å². The second kappa shape index (κ2) is 12.2. The normalized spacial score (nSPS) is 8.77. The number of hydrogen-bond acceptors (Lipinski definition) is 4. The van der Waals surface area contributed by atoms with Crippen molar-refractivity contribution in [1.29, 1.82) is 0 Å². The first-order chi connectivity index (χ1) is 5.41. The molecule has 0 amide bonds. The molecule has 0 aromatic rings. The molecule has 0 heterocycles. The molecule has 13 heavy (non-hydrogen) atoms. The van der Waals surface area contributed by atoms with Crippen molar-refractivity contribution in [2.75, 3.05) is 0 Å². The molecule has 2 N–H and O–H groups in total. The Morgan fingerprint density at radius 1 is 1.00 bits per heavy atom. The van der Waals surface area contributed by atoms with Gasteiger partial charge in [-0.15, -0.1) is 0 Å². The molecular formula is C5H11NaO6S. The Balaban J connectivity index is -0.000000150. The summed E-state index contributed by atoms with van der Waals surface area (Å²) in [4.78, 5) is 19.1. The van der Waals surface area contributed by atoms with Crippen molar-refractivity contribution in [3.8, 4) is 0 Å².